The Bertz CT molecular complexity index is 522. The number of rotatable bonds is 2. The lowest BCUT2D eigenvalue weighted by Crippen LogP contribution is -2.58. The van der Waals surface area contributed by atoms with Crippen molar-refractivity contribution in [3.05, 3.63) is 35.9 Å². The van der Waals surface area contributed by atoms with Crippen LogP contribution in [0.5, 0.6) is 0 Å². The van der Waals surface area contributed by atoms with Gasteiger partial charge in [0.25, 0.3) is 0 Å². The molecule has 2 heterocycles. The minimum absolute atomic E-state index is 0.0200. The van der Waals surface area contributed by atoms with E-state index < -0.39 is 0 Å². The van der Waals surface area contributed by atoms with Gasteiger partial charge in [-0.05, 0) is 31.7 Å². The summed E-state index contributed by atoms with van der Waals surface area (Å²) in [5, 5.41) is 3.69. The molecule has 0 bridgehead atoms. The summed E-state index contributed by atoms with van der Waals surface area (Å²) in [6.07, 6.45) is 2.72. The average molecular weight is 318 g/mol. The first-order valence-electron chi connectivity index (χ1n) is 8.48. The predicted molar refractivity (Wildman–Crippen MR) is 88.2 cm³/mol. The van der Waals surface area contributed by atoms with Crippen LogP contribution < -0.4 is 5.32 Å². The Kier molecular flexibility index (Phi) is 5.18. The molecular weight excluding hydrogens is 292 g/mol. The van der Waals surface area contributed by atoms with Gasteiger partial charge >= 0.3 is 6.09 Å². The molecule has 1 amide bonds. The summed E-state index contributed by atoms with van der Waals surface area (Å²) in [4.78, 5) is 14.1. The smallest absolute Gasteiger partial charge is 0.410 e. The van der Waals surface area contributed by atoms with Crippen LogP contribution in [0.25, 0.3) is 0 Å². The highest BCUT2D eigenvalue weighted by molar-refractivity contribution is 5.67. The number of carbonyl (C=O) groups is 1. The average Bonchev–Trinajstić information content (AvgIpc) is 2.76. The molecule has 2 fully saturated rings. The maximum absolute atomic E-state index is 12.3. The number of carbonyl (C=O) groups excluding carboxylic acids is 1. The molecule has 0 aliphatic carbocycles. The van der Waals surface area contributed by atoms with E-state index in [-0.39, 0.29) is 11.6 Å². The topological polar surface area (TPSA) is 50.8 Å². The number of likely N-dealkylation sites (tertiary alicyclic amines) is 1. The van der Waals surface area contributed by atoms with Gasteiger partial charge in [-0.15, -0.1) is 0 Å². The van der Waals surface area contributed by atoms with Gasteiger partial charge in [0.1, 0.15) is 6.61 Å². The van der Waals surface area contributed by atoms with Crippen LogP contribution in [-0.4, -0.2) is 48.9 Å². The van der Waals surface area contributed by atoms with Crippen LogP contribution in [0.1, 0.15) is 31.7 Å². The molecule has 5 nitrogen and oxygen atoms in total. The SMILES string of the molecule is C[C@H]1COC[C@]2(CCCN(C(=O)OCc3ccccc3)CC2)N1. The molecule has 0 radical (unpaired) electrons. The normalized spacial score (nSPS) is 28.4. The van der Waals surface area contributed by atoms with Gasteiger partial charge in [0.15, 0.2) is 0 Å². The number of hydrogen-bond donors (Lipinski definition) is 1. The lowest BCUT2D eigenvalue weighted by molar-refractivity contribution is -0.00363. The number of benzene rings is 1. The molecule has 1 spiro atoms. The van der Waals surface area contributed by atoms with E-state index in [1.54, 1.807) is 0 Å². The molecule has 2 aliphatic heterocycles. The van der Waals surface area contributed by atoms with E-state index in [0.29, 0.717) is 12.6 Å². The molecule has 3 rings (SSSR count). The van der Waals surface area contributed by atoms with Crippen LogP contribution in [0.3, 0.4) is 0 Å². The first-order chi connectivity index (χ1) is 11.2. The van der Waals surface area contributed by atoms with Crippen LogP contribution >= 0.6 is 0 Å². The van der Waals surface area contributed by atoms with Crippen LogP contribution in [0.15, 0.2) is 30.3 Å². The fourth-order valence-corrected chi connectivity index (χ4v) is 3.51. The Morgan fingerprint density at radius 2 is 2.17 bits per heavy atom. The van der Waals surface area contributed by atoms with Gasteiger partial charge in [-0.25, -0.2) is 4.79 Å². The highest BCUT2D eigenvalue weighted by Crippen LogP contribution is 2.26. The zero-order chi connectivity index (χ0) is 16.1. The Morgan fingerprint density at radius 3 is 2.96 bits per heavy atom. The molecule has 0 saturated carbocycles. The second kappa shape index (κ2) is 7.32. The minimum atomic E-state index is -0.212. The van der Waals surface area contributed by atoms with Gasteiger partial charge in [-0.3, -0.25) is 0 Å². The summed E-state index contributed by atoms with van der Waals surface area (Å²) >= 11 is 0. The quantitative estimate of drug-likeness (QED) is 0.910. The number of amides is 1. The Morgan fingerprint density at radius 1 is 1.35 bits per heavy atom. The zero-order valence-corrected chi connectivity index (χ0v) is 13.8. The van der Waals surface area contributed by atoms with E-state index >= 15 is 0 Å². The van der Waals surface area contributed by atoms with Crippen LogP contribution in [0, 0.1) is 0 Å². The molecule has 1 aromatic carbocycles. The summed E-state index contributed by atoms with van der Waals surface area (Å²) in [6, 6.07) is 10.2. The summed E-state index contributed by atoms with van der Waals surface area (Å²) in [5.41, 5.74) is 1.04. The molecular formula is C18H26N2O3. The maximum Gasteiger partial charge on any atom is 0.410 e. The summed E-state index contributed by atoms with van der Waals surface area (Å²) in [7, 11) is 0. The lowest BCUT2D eigenvalue weighted by atomic mass is 9.89. The number of hydrogen-bond acceptors (Lipinski definition) is 4. The Labute approximate surface area is 137 Å². The standard InChI is InChI=1S/C18H26N2O3/c1-15-12-22-14-18(19-15)8-5-10-20(11-9-18)17(21)23-13-16-6-3-2-4-7-16/h2-4,6-7,15,19H,5,8-14H2,1H3/t15-,18+/m0/s1. The third-order valence-electron chi connectivity index (χ3n) is 4.71. The fraction of sp³-hybridized carbons (Fsp3) is 0.611. The van der Waals surface area contributed by atoms with Crippen molar-refractivity contribution in [1.82, 2.24) is 10.2 Å². The first-order valence-corrected chi connectivity index (χ1v) is 8.48. The van der Waals surface area contributed by atoms with Gasteiger partial charge < -0.3 is 19.7 Å². The first kappa shape index (κ1) is 16.3. The summed E-state index contributed by atoms with van der Waals surface area (Å²) in [5.74, 6) is 0. The van der Waals surface area contributed by atoms with Crippen LogP contribution in [-0.2, 0) is 16.1 Å². The molecule has 5 heteroatoms. The number of ether oxygens (including phenoxy) is 2. The lowest BCUT2D eigenvalue weighted by Gasteiger charge is -2.40. The highest BCUT2D eigenvalue weighted by Gasteiger charge is 2.37. The summed E-state index contributed by atoms with van der Waals surface area (Å²) < 4.78 is 11.2. The van der Waals surface area contributed by atoms with Crippen molar-refractivity contribution in [3.8, 4) is 0 Å². The Hall–Kier alpha value is -1.59. The fourth-order valence-electron chi connectivity index (χ4n) is 3.51. The second-order valence-corrected chi connectivity index (χ2v) is 6.72. The van der Waals surface area contributed by atoms with Crippen molar-refractivity contribution in [2.75, 3.05) is 26.3 Å². The third-order valence-corrected chi connectivity index (χ3v) is 4.71. The van der Waals surface area contributed by atoms with Gasteiger partial charge in [-0.2, -0.15) is 0 Å². The second-order valence-electron chi connectivity index (χ2n) is 6.72. The number of morpholine rings is 1. The molecule has 2 atom stereocenters. The number of nitrogens with one attached hydrogen (secondary N) is 1. The van der Waals surface area contributed by atoms with E-state index in [9.17, 15) is 4.79 Å². The van der Waals surface area contributed by atoms with Crippen molar-refractivity contribution >= 4 is 6.09 Å². The Balaban J connectivity index is 1.52. The monoisotopic (exact) mass is 318 g/mol. The van der Waals surface area contributed by atoms with Crippen molar-refractivity contribution in [2.24, 2.45) is 0 Å². The van der Waals surface area contributed by atoms with E-state index in [1.165, 1.54) is 0 Å². The van der Waals surface area contributed by atoms with E-state index in [0.717, 1.165) is 51.1 Å². The van der Waals surface area contributed by atoms with Gasteiger partial charge in [-0.1, -0.05) is 30.3 Å². The largest absolute Gasteiger partial charge is 0.445 e. The minimum Gasteiger partial charge on any atom is -0.445 e. The van der Waals surface area contributed by atoms with Gasteiger partial charge in [0, 0.05) is 24.7 Å². The van der Waals surface area contributed by atoms with Crippen molar-refractivity contribution in [1.29, 1.82) is 0 Å². The maximum atomic E-state index is 12.3. The van der Waals surface area contributed by atoms with E-state index in [1.807, 2.05) is 35.2 Å². The third kappa shape index (κ3) is 4.24. The van der Waals surface area contributed by atoms with Crippen molar-refractivity contribution in [2.45, 2.75) is 44.4 Å². The van der Waals surface area contributed by atoms with E-state index in [4.69, 9.17) is 9.47 Å². The molecule has 23 heavy (non-hydrogen) atoms. The highest BCUT2D eigenvalue weighted by atomic mass is 16.6. The van der Waals surface area contributed by atoms with Crippen LogP contribution in [0.4, 0.5) is 4.79 Å². The summed E-state index contributed by atoms with van der Waals surface area (Å²) in [6.45, 7) is 5.47. The predicted octanol–water partition coefficient (Wildman–Crippen LogP) is 2.56. The number of nitrogens with zero attached hydrogens (tertiary/aromatic N) is 1. The van der Waals surface area contributed by atoms with Crippen molar-refractivity contribution < 1.29 is 14.3 Å². The van der Waals surface area contributed by atoms with Gasteiger partial charge in [0.2, 0.25) is 0 Å². The molecule has 1 N–H and O–H groups in total. The molecule has 0 unspecified atom stereocenters. The van der Waals surface area contributed by atoms with Crippen molar-refractivity contribution in [3.63, 3.8) is 0 Å². The zero-order valence-electron chi connectivity index (χ0n) is 13.8. The molecule has 2 saturated heterocycles. The molecule has 126 valence electrons. The molecule has 1 aromatic rings. The van der Waals surface area contributed by atoms with Crippen LogP contribution in [0.2, 0.25) is 0 Å². The molecule has 2 aliphatic rings. The van der Waals surface area contributed by atoms with Gasteiger partial charge in [0.05, 0.1) is 13.2 Å². The molecule has 0 aromatic heterocycles. The van der Waals surface area contributed by atoms with E-state index in [2.05, 4.69) is 12.2 Å².